The lowest BCUT2D eigenvalue weighted by atomic mass is 9.87. The van der Waals surface area contributed by atoms with Crippen LogP contribution in [-0.2, 0) is 6.54 Å². The van der Waals surface area contributed by atoms with Gasteiger partial charge in [0.1, 0.15) is 0 Å². The van der Waals surface area contributed by atoms with Crippen molar-refractivity contribution >= 4 is 0 Å². The van der Waals surface area contributed by atoms with Crippen molar-refractivity contribution in [1.29, 1.82) is 0 Å². The molecule has 100 valence electrons. The fourth-order valence-corrected chi connectivity index (χ4v) is 2.60. The smallest absolute Gasteiger partial charge is 0.157 e. The van der Waals surface area contributed by atoms with Gasteiger partial charge >= 0.3 is 0 Å². The second-order valence-electron chi connectivity index (χ2n) is 5.32. The molecule has 0 bridgehead atoms. The number of piperidine rings is 1. The summed E-state index contributed by atoms with van der Waals surface area (Å²) in [7, 11) is 0. The lowest BCUT2D eigenvalue weighted by Gasteiger charge is -2.36. The van der Waals surface area contributed by atoms with Gasteiger partial charge in [-0.15, -0.1) is 0 Å². The first-order chi connectivity index (χ1) is 8.60. The Morgan fingerprint density at radius 1 is 1.33 bits per heavy atom. The number of phenolic OH excluding ortho intramolecular Hbond substituents is 2. The predicted molar refractivity (Wildman–Crippen MR) is 71.4 cm³/mol. The number of hydrogen-bond donors (Lipinski definition) is 3. The Bertz CT molecular complexity index is 409. The highest BCUT2D eigenvalue weighted by Crippen LogP contribution is 2.27. The van der Waals surface area contributed by atoms with E-state index in [1.54, 1.807) is 6.07 Å². The Kier molecular flexibility index (Phi) is 4.09. The van der Waals surface area contributed by atoms with Crippen LogP contribution in [0.2, 0.25) is 0 Å². The van der Waals surface area contributed by atoms with Gasteiger partial charge in [-0.2, -0.15) is 0 Å². The van der Waals surface area contributed by atoms with Crippen LogP contribution in [-0.4, -0.2) is 34.7 Å². The van der Waals surface area contributed by atoms with Crippen LogP contribution < -0.4 is 5.73 Å². The van der Waals surface area contributed by atoms with Gasteiger partial charge in [-0.1, -0.05) is 13.0 Å². The van der Waals surface area contributed by atoms with Gasteiger partial charge in [0, 0.05) is 13.1 Å². The van der Waals surface area contributed by atoms with Crippen LogP contribution in [0.3, 0.4) is 0 Å². The van der Waals surface area contributed by atoms with Gasteiger partial charge in [0.15, 0.2) is 11.5 Å². The summed E-state index contributed by atoms with van der Waals surface area (Å²) in [6, 6.07) is 5.02. The monoisotopic (exact) mass is 250 g/mol. The number of hydrogen-bond acceptors (Lipinski definition) is 4. The van der Waals surface area contributed by atoms with Gasteiger partial charge in [-0.25, -0.2) is 0 Å². The maximum Gasteiger partial charge on any atom is 0.157 e. The molecule has 0 amide bonds. The molecule has 2 atom stereocenters. The molecular formula is C14H22N2O2. The summed E-state index contributed by atoms with van der Waals surface area (Å²) in [5, 5.41) is 18.8. The van der Waals surface area contributed by atoms with E-state index in [4.69, 9.17) is 5.73 Å². The average Bonchev–Trinajstić information content (AvgIpc) is 2.36. The number of aromatic hydroxyl groups is 2. The van der Waals surface area contributed by atoms with E-state index in [1.807, 2.05) is 6.07 Å². The second kappa shape index (κ2) is 5.59. The van der Waals surface area contributed by atoms with E-state index in [0.29, 0.717) is 11.8 Å². The van der Waals surface area contributed by atoms with Crippen molar-refractivity contribution in [3.05, 3.63) is 23.8 Å². The van der Waals surface area contributed by atoms with Crippen LogP contribution in [0.5, 0.6) is 11.5 Å². The van der Waals surface area contributed by atoms with Crippen LogP contribution in [0.1, 0.15) is 18.9 Å². The summed E-state index contributed by atoms with van der Waals surface area (Å²) in [5.41, 5.74) is 6.82. The summed E-state index contributed by atoms with van der Waals surface area (Å²) in [6.07, 6.45) is 1.17. The van der Waals surface area contributed by atoms with Gasteiger partial charge in [0.05, 0.1) is 0 Å². The average molecular weight is 250 g/mol. The van der Waals surface area contributed by atoms with Crippen molar-refractivity contribution in [3.8, 4) is 11.5 Å². The maximum atomic E-state index is 9.48. The van der Waals surface area contributed by atoms with Crippen LogP contribution in [0.25, 0.3) is 0 Å². The van der Waals surface area contributed by atoms with Crippen LogP contribution in [0, 0.1) is 11.8 Å². The van der Waals surface area contributed by atoms with Gasteiger partial charge in [-0.3, -0.25) is 4.90 Å². The largest absolute Gasteiger partial charge is 0.504 e. The number of rotatable bonds is 3. The minimum absolute atomic E-state index is 0.0479. The number of nitrogens with zero attached hydrogens (tertiary/aromatic N) is 1. The first kappa shape index (κ1) is 13.2. The highest BCUT2D eigenvalue weighted by molar-refractivity contribution is 5.40. The molecule has 1 aliphatic rings. The molecule has 4 nitrogen and oxygen atoms in total. The maximum absolute atomic E-state index is 9.48. The molecule has 0 aromatic heterocycles. The van der Waals surface area contributed by atoms with E-state index in [0.717, 1.165) is 31.7 Å². The zero-order valence-electron chi connectivity index (χ0n) is 10.8. The molecule has 1 saturated heterocycles. The molecule has 1 aromatic carbocycles. The van der Waals surface area contributed by atoms with Crippen molar-refractivity contribution in [2.45, 2.75) is 19.9 Å². The minimum atomic E-state index is -0.0640. The van der Waals surface area contributed by atoms with E-state index < -0.39 is 0 Å². The third-order valence-corrected chi connectivity index (χ3v) is 3.95. The highest BCUT2D eigenvalue weighted by atomic mass is 16.3. The van der Waals surface area contributed by atoms with Crippen LogP contribution in [0.15, 0.2) is 18.2 Å². The van der Waals surface area contributed by atoms with Crippen LogP contribution >= 0.6 is 0 Å². The van der Waals surface area contributed by atoms with Crippen molar-refractivity contribution < 1.29 is 10.2 Å². The van der Waals surface area contributed by atoms with Gasteiger partial charge in [0.2, 0.25) is 0 Å². The SMILES string of the molecule is CC1CCN(Cc2ccc(O)c(O)c2)CC1CN. The van der Waals surface area contributed by atoms with E-state index in [1.165, 1.54) is 12.5 Å². The molecule has 18 heavy (non-hydrogen) atoms. The van der Waals surface area contributed by atoms with Crippen molar-refractivity contribution in [2.75, 3.05) is 19.6 Å². The third-order valence-electron chi connectivity index (χ3n) is 3.95. The van der Waals surface area contributed by atoms with E-state index in [9.17, 15) is 10.2 Å². The molecular weight excluding hydrogens is 228 g/mol. The number of nitrogens with two attached hydrogens (primary N) is 1. The Balaban J connectivity index is 1.99. The lowest BCUT2D eigenvalue weighted by molar-refractivity contribution is 0.126. The summed E-state index contributed by atoms with van der Waals surface area (Å²) in [6.45, 7) is 5.88. The Morgan fingerprint density at radius 3 is 2.78 bits per heavy atom. The molecule has 0 radical (unpaired) electrons. The van der Waals surface area contributed by atoms with E-state index in [2.05, 4.69) is 11.8 Å². The number of phenols is 2. The molecule has 1 heterocycles. The zero-order valence-corrected chi connectivity index (χ0v) is 10.8. The summed E-state index contributed by atoms with van der Waals surface area (Å²) < 4.78 is 0. The van der Waals surface area contributed by atoms with E-state index >= 15 is 0 Å². The molecule has 1 fully saturated rings. The molecule has 2 unspecified atom stereocenters. The Hall–Kier alpha value is -1.26. The van der Waals surface area contributed by atoms with Crippen molar-refractivity contribution in [3.63, 3.8) is 0 Å². The van der Waals surface area contributed by atoms with Gasteiger partial charge in [0.25, 0.3) is 0 Å². The molecule has 0 saturated carbocycles. The minimum Gasteiger partial charge on any atom is -0.504 e. The lowest BCUT2D eigenvalue weighted by Crippen LogP contribution is -2.42. The first-order valence-electron chi connectivity index (χ1n) is 6.53. The number of likely N-dealkylation sites (tertiary alicyclic amines) is 1. The predicted octanol–water partition coefficient (Wildman–Crippen LogP) is 1.51. The quantitative estimate of drug-likeness (QED) is 0.711. The normalized spacial score (nSPS) is 25.2. The molecule has 1 aliphatic heterocycles. The topological polar surface area (TPSA) is 69.7 Å². The van der Waals surface area contributed by atoms with Gasteiger partial charge < -0.3 is 15.9 Å². The molecule has 4 heteroatoms. The molecule has 0 spiro atoms. The first-order valence-corrected chi connectivity index (χ1v) is 6.53. The Labute approximate surface area is 108 Å². The highest BCUT2D eigenvalue weighted by Gasteiger charge is 2.24. The summed E-state index contributed by atoms with van der Waals surface area (Å²) in [5.74, 6) is 1.14. The Morgan fingerprint density at radius 2 is 2.11 bits per heavy atom. The molecule has 2 rings (SSSR count). The van der Waals surface area contributed by atoms with Crippen molar-refractivity contribution in [1.82, 2.24) is 4.90 Å². The fourth-order valence-electron chi connectivity index (χ4n) is 2.60. The standard InChI is InChI=1S/C14H22N2O2/c1-10-4-5-16(9-12(10)7-15)8-11-2-3-13(17)14(18)6-11/h2-3,6,10,12,17-18H,4-5,7-9,15H2,1H3. The van der Waals surface area contributed by atoms with Crippen molar-refractivity contribution in [2.24, 2.45) is 17.6 Å². The molecule has 0 aliphatic carbocycles. The van der Waals surface area contributed by atoms with E-state index in [-0.39, 0.29) is 11.5 Å². The number of benzene rings is 1. The zero-order chi connectivity index (χ0) is 13.1. The third kappa shape index (κ3) is 2.94. The summed E-state index contributed by atoms with van der Waals surface area (Å²) >= 11 is 0. The second-order valence-corrected chi connectivity index (χ2v) is 5.32. The molecule has 1 aromatic rings. The van der Waals surface area contributed by atoms with Crippen LogP contribution in [0.4, 0.5) is 0 Å². The van der Waals surface area contributed by atoms with Gasteiger partial charge in [-0.05, 0) is 49.0 Å². The molecule has 4 N–H and O–H groups in total. The fraction of sp³-hybridized carbons (Fsp3) is 0.571. The summed E-state index contributed by atoms with van der Waals surface area (Å²) in [4.78, 5) is 2.36.